The highest BCUT2D eigenvalue weighted by molar-refractivity contribution is 7.07. The first-order valence-electron chi connectivity index (χ1n) is 4.89. The van der Waals surface area contributed by atoms with Crippen molar-refractivity contribution in [2.75, 3.05) is 6.54 Å². The number of nitriles is 1. The normalized spacial score (nSPS) is 12.7. The van der Waals surface area contributed by atoms with Gasteiger partial charge < -0.3 is 0 Å². The van der Waals surface area contributed by atoms with Crippen LogP contribution in [0, 0.1) is 17.2 Å². The molecule has 0 saturated heterocycles. The largest absolute Gasteiger partial charge is 0.298 e. The molecule has 0 aromatic carbocycles. The molecular weight excluding hydrogens is 192 g/mol. The Balaban J connectivity index is 2.38. The summed E-state index contributed by atoms with van der Waals surface area (Å²) in [6.07, 6.45) is 1.11. The summed E-state index contributed by atoms with van der Waals surface area (Å²) in [6, 6.07) is 4.14. The van der Waals surface area contributed by atoms with E-state index in [1.54, 1.807) is 11.3 Å². The van der Waals surface area contributed by atoms with E-state index in [4.69, 9.17) is 5.26 Å². The van der Waals surface area contributed by atoms with Gasteiger partial charge in [0.05, 0.1) is 6.07 Å². The van der Waals surface area contributed by atoms with Crippen LogP contribution in [-0.4, -0.2) is 6.54 Å². The molecule has 1 aromatic heterocycles. The van der Waals surface area contributed by atoms with Crippen LogP contribution in [0.25, 0.3) is 0 Å². The quantitative estimate of drug-likeness (QED) is 0.807. The number of nitrogens with zero attached hydrogens (tertiary/aromatic N) is 1. The van der Waals surface area contributed by atoms with Gasteiger partial charge in [-0.05, 0) is 41.3 Å². The van der Waals surface area contributed by atoms with Gasteiger partial charge in [0.15, 0.2) is 0 Å². The summed E-state index contributed by atoms with van der Waals surface area (Å²) in [5.41, 5.74) is 1.08. The molecule has 0 aliphatic heterocycles. The Morgan fingerprint density at radius 3 is 2.86 bits per heavy atom. The van der Waals surface area contributed by atoms with Crippen molar-refractivity contribution in [3.63, 3.8) is 0 Å². The standard InChI is InChI=1S/C11H16N2S/c1-9(2)3-5-13-11(7-12)10-4-6-14-8-10/h4,6,8-9,11,13H,3,5H2,1-2H3. The molecule has 1 rings (SSSR count). The number of rotatable bonds is 5. The van der Waals surface area contributed by atoms with Gasteiger partial charge in [0.1, 0.15) is 6.04 Å². The van der Waals surface area contributed by atoms with Crippen molar-refractivity contribution < 1.29 is 0 Å². The molecule has 3 heteroatoms. The molecule has 1 aromatic rings. The number of hydrogen-bond acceptors (Lipinski definition) is 3. The van der Waals surface area contributed by atoms with Crippen LogP contribution < -0.4 is 5.32 Å². The van der Waals surface area contributed by atoms with Crippen molar-refractivity contribution in [1.82, 2.24) is 5.32 Å². The Bertz CT molecular complexity index is 285. The maximum atomic E-state index is 8.96. The van der Waals surface area contributed by atoms with E-state index in [0.717, 1.165) is 18.5 Å². The summed E-state index contributed by atoms with van der Waals surface area (Å²) in [7, 11) is 0. The van der Waals surface area contributed by atoms with E-state index in [9.17, 15) is 0 Å². The molecule has 1 unspecified atom stereocenters. The Hall–Kier alpha value is -0.850. The summed E-state index contributed by atoms with van der Waals surface area (Å²) < 4.78 is 0. The average Bonchev–Trinajstić information content (AvgIpc) is 2.64. The zero-order valence-electron chi connectivity index (χ0n) is 8.66. The van der Waals surface area contributed by atoms with Crippen LogP contribution in [-0.2, 0) is 0 Å². The zero-order valence-corrected chi connectivity index (χ0v) is 9.47. The van der Waals surface area contributed by atoms with Crippen LogP contribution in [0.5, 0.6) is 0 Å². The second kappa shape index (κ2) is 5.79. The fraction of sp³-hybridized carbons (Fsp3) is 0.545. The van der Waals surface area contributed by atoms with E-state index in [0.29, 0.717) is 5.92 Å². The average molecular weight is 208 g/mol. The third-order valence-corrected chi connectivity index (χ3v) is 2.78. The highest BCUT2D eigenvalue weighted by atomic mass is 32.1. The van der Waals surface area contributed by atoms with Crippen molar-refractivity contribution in [3.05, 3.63) is 22.4 Å². The fourth-order valence-corrected chi connectivity index (χ4v) is 1.88. The third kappa shape index (κ3) is 3.49. The Morgan fingerprint density at radius 1 is 1.57 bits per heavy atom. The summed E-state index contributed by atoms with van der Waals surface area (Å²) >= 11 is 1.63. The highest BCUT2D eigenvalue weighted by Crippen LogP contribution is 2.15. The molecule has 0 bridgehead atoms. The lowest BCUT2D eigenvalue weighted by Crippen LogP contribution is -2.21. The van der Waals surface area contributed by atoms with E-state index in [1.807, 2.05) is 16.8 Å². The number of hydrogen-bond donors (Lipinski definition) is 1. The Kier molecular flexibility index (Phi) is 4.64. The monoisotopic (exact) mass is 208 g/mol. The highest BCUT2D eigenvalue weighted by Gasteiger charge is 2.09. The lowest BCUT2D eigenvalue weighted by Gasteiger charge is -2.10. The molecule has 2 nitrogen and oxygen atoms in total. The molecule has 0 amide bonds. The molecule has 14 heavy (non-hydrogen) atoms. The van der Waals surface area contributed by atoms with Crippen LogP contribution >= 0.6 is 11.3 Å². The van der Waals surface area contributed by atoms with Crippen LogP contribution in [0.4, 0.5) is 0 Å². The minimum Gasteiger partial charge on any atom is -0.298 e. The molecule has 0 radical (unpaired) electrons. The smallest absolute Gasteiger partial charge is 0.122 e. The zero-order chi connectivity index (χ0) is 10.4. The van der Waals surface area contributed by atoms with Crippen LogP contribution in [0.2, 0.25) is 0 Å². The van der Waals surface area contributed by atoms with E-state index in [2.05, 4.69) is 25.2 Å². The number of nitrogens with one attached hydrogen (secondary N) is 1. The van der Waals surface area contributed by atoms with Gasteiger partial charge in [0, 0.05) is 0 Å². The summed E-state index contributed by atoms with van der Waals surface area (Å²) in [5, 5.41) is 16.2. The van der Waals surface area contributed by atoms with Gasteiger partial charge >= 0.3 is 0 Å². The summed E-state index contributed by atoms with van der Waals surface area (Å²) in [5.74, 6) is 0.685. The third-order valence-electron chi connectivity index (χ3n) is 2.08. The second-order valence-corrected chi connectivity index (χ2v) is 4.54. The van der Waals surface area contributed by atoms with Gasteiger partial charge in [-0.3, -0.25) is 5.32 Å². The van der Waals surface area contributed by atoms with Gasteiger partial charge in [0.25, 0.3) is 0 Å². The van der Waals surface area contributed by atoms with Crippen molar-refractivity contribution >= 4 is 11.3 Å². The van der Waals surface area contributed by atoms with Crippen molar-refractivity contribution in [3.8, 4) is 6.07 Å². The lowest BCUT2D eigenvalue weighted by molar-refractivity contribution is 0.519. The summed E-state index contributed by atoms with van der Waals surface area (Å²) in [6.45, 7) is 5.28. The molecule has 1 N–H and O–H groups in total. The van der Waals surface area contributed by atoms with Gasteiger partial charge in [-0.15, -0.1) is 0 Å². The first kappa shape index (κ1) is 11.2. The van der Waals surface area contributed by atoms with E-state index >= 15 is 0 Å². The first-order valence-corrected chi connectivity index (χ1v) is 5.83. The first-order chi connectivity index (χ1) is 6.74. The fourth-order valence-electron chi connectivity index (χ4n) is 1.19. The molecule has 0 saturated carbocycles. The molecule has 1 heterocycles. The van der Waals surface area contributed by atoms with Gasteiger partial charge in [0.2, 0.25) is 0 Å². The second-order valence-electron chi connectivity index (χ2n) is 3.76. The molecular formula is C11H16N2S. The maximum Gasteiger partial charge on any atom is 0.122 e. The van der Waals surface area contributed by atoms with Gasteiger partial charge in [-0.1, -0.05) is 13.8 Å². The van der Waals surface area contributed by atoms with Gasteiger partial charge in [-0.25, -0.2) is 0 Å². The van der Waals surface area contributed by atoms with Crippen molar-refractivity contribution in [2.24, 2.45) is 5.92 Å². The Morgan fingerprint density at radius 2 is 2.36 bits per heavy atom. The van der Waals surface area contributed by atoms with Crippen molar-refractivity contribution in [1.29, 1.82) is 5.26 Å². The molecule has 76 valence electrons. The number of thiophene rings is 1. The predicted octanol–water partition coefficient (Wildman–Crippen LogP) is 2.95. The molecule has 0 spiro atoms. The molecule has 0 aliphatic rings. The van der Waals surface area contributed by atoms with Crippen LogP contribution in [0.3, 0.4) is 0 Å². The SMILES string of the molecule is CC(C)CCNC(C#N)c1ccsc1. The molecule has 0 aliphatic carbocycles. The van der Waals surface area contributed by atoms with Crippen molar-refractivity contribution in [2.45, 2.75) is 26.3 Å². The predicted molar refractivity (Wildman–Crippen MR) is 60.1 cm³/mol. The van der Waals surface area contributed by atoms with E-state index in [1.165, 1.54) is 0 Å². The topological polar surface area (TPSA) is 35.8 Å². The minimum atomic E-state index is -0.139. The van der Waals surface area contributed by atoms with Gasteiger partial charge in [-0.2, -0.15) is 16.6 Å². The Labute approximate surface area is 89.6 Å². The molecule has 0 fully saturated rings. The molecule has 1 atom stereocenters. The van der Waals surface area contributed by atoms with Crippen LogP contribution in [0.1, 0.15) is 31.9 Å². The van der Waals surface area contributed by atoms with E-state index in [-0.39, 0.29) is 6.04 Å². The lowest BCUT2D eigenvalue weighted by atomic mass is 10.1. The maximum absolute atomic E-state index is 8.96. The van der Waals surface area contributed by atoms with E-state index < -0.39 is 0 Å². The minimum absolute atomic E-state index is 0.139. The summed E-state index contributed by atoms with van der Waals surface area (Å²) in [4.78, 5) is 0. The van der Waals surface area contributed by atoms with Crippen LogP contribution in [0.15, 0.2) is 16.8 Å².